The van der Waals surface area contributed by atoms with Crippen LogP contribution in [0.3, 0.4) is 0 Å². The van der Waals surface area contributed by atoms with Crippen molar-refractivity contribution < 1.29 is 9.59 Å². The van der Waals surface area contributed by atoms with Crippen LogP contribution < -0.4 is 0 Å². The van der Waals surface area contributed by atoms with Gasteiger partial charge in [-0.05, 0) is 37.5 Å². The second kappa shape index (κ2) is 7.17. The first kappa shape index (κ1) is 14.7. The maximum absolute atomic E-state index is 11.2. The number of hydrogen-bond donors (Lipinski definition) is 0. The van der Waals surface area contributed by atoms with Crippen molar-refractivity contribution in [3.05, 3.63) is 41.0 Å². The Balaban J connectivity index is 2.59. The third-order valence-electron chi connectivity index (χ3n) is 2.56. The Morgan fingerprint density at radius 2 is 2.00 bits per heavy atom. The van der Waals surface area contributed by atoms with Gasteiger partial charge in [-0.2, -0.15) is 0 Å². The quantitative estimate of drug-likeness (QED) is 0.596. The van der Waals surface area contributed by atoms with E-state index in [1.807, 2.05) is 31.2 Å². The molecule has 0 aliphatic heterocycles. The van der Waals surface area contributed by atoms with Gasteiger partial charge in [0.25, 0.3) is 0 Å². The van der Waals surface area contributed by atoms with E-state index in [0.717, 1.165) is 28.9 Å². The molecule has 0 heterocycles. The van der Waals surface area contributed by atoms with Crippen LogP contribution in [0.1, 0.15) is 41.8 Å². The minimum atomic E-state index is 0.0893. The number of allylic oxidation sites excluding steroid dienone is 1. The number of ketones is 1. The van der Waals surface area contributed by atoms with Crippen LogP contribution in [0.15, 0.2) is 24.3 Å². The molecule has 1 aromatic rings. The minimum absolute atomic E-state index is 0.0893. The summed E-state index contributed by atoms with van der Waals surface area (Å²) < 4.78 is 0. The summed E-state index contributed by atoms with van der Waals surface area (Å²) in [6.07, 6.45) is 4.98. The Bertz CT molecular complexity index is 475. The van der Waals surface area contributed by atoms with Crippen LogP contribution in [-0.2, 0) is 4.79 Å². The van der Waals surface area contributed by atoms with E-state index in [0.29, 0.717) is 0 Å². The van der Waals surface area contributed by atoms with Crippen LogP contribution in [0.2, 0.25) is 0 Å². The number of benzene rings is 1. The Morgan fingerprint density at radius 3 is 2.56 bits per heavy atom. The molecule has 0 unspecified atom stereocenters. The molecule has 3 heteroatoms. The van der Waals surface area contributed by atoms with E-state index >= 15 is 0 Å². The molecular weight excluding hydrogens is 244 g/mol. The van der Waals surface area contributed by atoms with Gasteiger partial charge in [0.05, 0.1) is 0 Å². The van der Waals surface area contributed by atoms with Crippen molar-refractivity contribution in [2.75, 3.05) is 5.75 Å². The van der Waals surface area contributed by atoms with Gasteiger partial charge in [-0.3, -0.25) is 9.59 Å². The monoisotopic (exact) mass is 262 g/mol. The van der Waals surface area contributed by atoms with Gasteiger partial charge >= 0.3 is 0 Å². The van der Waals surface area contributed by atoms with Crippen molar-refractivity contribution >= 4 is 28.7 Å². The smallest absolute Gasteiger partial charge is 0.185 e. The molecule has 18 heavy (non-hydrogen) atoms. The average molecular weight is 262 g/mol. The molecule has 0 aliphatic carbocycles. The maximum atomic E-state index is 11.2. The van der Waals surface area contributed by atoms with Crippen LogP contribution in [-0.4, -0.2) is 16.7 Å². The van der Waals surface area contributed by atoms with E-state index in [9.17, 15) is 9.59 Å². The lowest BCUT2D eigenvalue weighted by Gasteiger charge is -2.02. The number of aryl methyl sites for hydroxylation is 1. The van der Waals surface area contributed by atoms with Crippen molar-refractivity contribution in [1.29, 1.82) is 0 Å². The predicted octanol–water partition coefficient (Wildman–Crippen LogP) is 3.88. The summed E-state index contributed by atoms with van der Waals surface area (Å²) in [6.45, 7) is 5.15. The standard InChI is InChI=1S/C15H18O2S/c1-11-10-15(12(2)16)8-7-14(11)6-4-5-9-18-13(3)17/h4,6-8,10H,5,9H2,1-3H3. The van der Waals surface area contributed by atoms with E-state index in [-0.39, 0.29) is 10.9 Å². The summed E-state index contributed by atoms with van der Waals surface area (Å²) in [4.78, 5) is 22.0. The van der Waals surface area contributed by atoms with Gasteiger partial charge in [0.1, 0.15) is 0 Å². The number of carbonyl (C=O) groups is 2. The number of rotatable bonds is 5. The lowest BCUT2D eigenvalue weighted by molar-refractivity contribution is -0.109. The summed E-state index contributed by atoms with van der Waals surface area (Å²) in [5, 5.41) is 0.158. The largest absolute Gasteiger partial charge is 0.295 e. The Kier molecular flexibility index (Phi) is 5.86. The maximum Gasteiger partial charge on any atom is 0.185 e. The molecular formula is C15H18O2S. The van der Waals surface area contributed by atoms with E-state index in [2.05, 4.69) is 6.08 Å². The van der Waals surface area contributed by atoms with Crippen LogP contribution in [0.25, 0.3) is 6.08 Å². The average Bonchev–Trinajstić information content (AvgIpc) is 2.29. The molecule has 0 aliphatic rings. The second-order valence-corrected chi connectivity index (χ2v) is 5.43. The zero-order valence-electron chi connectivity index (χ0n) is 11.0. The summed E-state index contributed by atoms with van der Waals surface area (Å²) in [7, 11) is 0. The molecule has 0 bridgehead atoms. The highest BCUT2D eigenvalue weighted by Crippen LogP contribution is 2.14. The molecule has 0 fully saturated rings. The van der Waals surface area contributed by atoms with Gasteiger partial charge in [0.2, 0.25) is 0 Å². The predicted molar refractivity (Wildman–Crippen MR) is 78.0 cm³/mol. The van der Waals surface area contributed by atoms with Crippen LogP contribution in [0.4, 0.5) is 0 Å². The SMILES string of the molecule is CC(=O)SCCC=Cc1ccc(C(C)=O)cc1C. The molecule has 0 atom stereocenters. The highest BCUT2D eigenvalue weighted by molar-refractivity contribution is 8.13. The van der Waals surface area contributed by atoms with Gasteiger partial charge in [0.15, 0.2) is 10.9 Å². The second-order valence-electron chi connectivity index (χ2n) is 4.16. The summed E-state index contributed by atoms with van der Waals surface area (Å²) in [5.74, 6) is 0.905. The fourth-order valence-electron chi connectivity index (χ4n) is 1.56. The van der Waals surface area contributed by atoms with Crippen LogP contribution in [0.5, 0.6) is 0 Å². The van der Waals surface area contributed by atoms with Crippen molar-refractivity contribution in [3.8, 4) is 0 Å². The van der Waals surface area contributed by atoms with E-state index in [1.54, 1.807) is 13.8 Å². The number of hydrogen-bond acceptors (Lipinski definition) is 3. The molecule has 2 nitrogen and oxygen atoms in total. The van der Waals surface area contributed by atoms with Crippen molar-refractivity contribution in [3.63, 3.8) is 0 Å². The first-order valence-corrected chi connectivity index (χ1v) is 6.90. The van der Waals surface area contributed by atoms with Gasteiger partial charge in [-0.25, -0.2) is 0 Å². The topological polar surface area (TPSA) is 34.1 Å². The molecule has 1 aromatic carbocycles. The fraction of sp³-hybridized carbons (Fsp3) is 0.333. The van der Waals surface area contributed by atoms with Crippen LogP contribution in [0, 0.1) is 6.92 Å². The highest BCUT2D eigenvalue weighted by Gasteiger charge is 2.01. The number of Topliss-reactive ketones (excluding diaryl/α,β-unsaturated/α-hetero) is 1. The van der Waals surface area contributed by atoms with Gasteiger partial charge in [-0.1, -0.05) is 36.0 Å². The molecule has 0 saturated carbocycles. The molecule has 0 aromatic heterocycles. The Hall–Kier alpha value is -1.35. The number of thioether (sulfide) groups is 1. The first-order valence-electron chi connectivity index (χ1n) is 5.92. The normalized spacial score (nSPS) is 10.8. The third-order valence-corrected chi connectivity index (χ3v) is 3.41. The molecule has 0 saturated heterocycles. The van der Waals surface area contributed by atoms with E-state index in [4.69, 9.17) is 0 Å². The molecule has 1 rings (SSSR count). The van der Waals surface area contributed by atoms with Crippen molar-refractivity contribution in [1.82, 2.24) is 0 Å². The molecule has 96 valence electrons. The molecule has 0 N–H and O–H groups in total. The summed E-state index contributed by atoms with van der Waals surface area (Å²) in [6, 6.07) is 5.71. The zero-order chi connectivity index (χ0) is 13.5. The lowest BCUT2D eigenvalue weighted by atomic mass is 10.0. The Labute approximate surface area is 112 Å². The molecule has 0 radical (unpaired) electrons. The highest BCUT2D eigenvalue weighted by atomic mass is 32.2. The zero-order valence-corrected chi connectivity index (χ0v) is 11.8. The van der Waals surface area contributed by atoms with E-state index < -0.39 is 0 Å². The minimum Gasteiger partial charge on any atom is -0.295 e. The summed E-state index contributed by atoms with van der Waals surface area (Å²) in [5.41, 5.74) is 2.96. The summed E-state index contributed by atoms with van der Waals surface area (Å²) >= 11 is 1.34. The van der Waals surface area contributed by atoms with E-state index in [1.165, 1.54) is 11.8 Å². The van der Waals surface area contributed by atoms with Crippen molar-refractivity contribution in [2.24, 2.45) is 0 Å². The van der Waals surface area contributed by atoms with Gasteiger partial charge < -0.3 is 0 Å². The number of carbonyl (C=O) groups excluding carboxylic acids is 2. The molecule has 0 spiro atoms. The lowest BCUT2D eigenvalue weighted by Crippen LogP contribution is -1.93. The Morgan fingerprint density at radius 1 is 1.28 bits per heavy atom. The first-order chi connectivity index (χ1) is 8.50. The van der Waals surface area contributed by atoms with Gasteiger partial charge in [-0.15, -0.1) is 0 Å². The molecule has 0 amide bonds. The fourth-order valence-corrected chi connectivity index (χ4v) is 2.10. The third kappa shape index (κ3) is 4.88. The van der Waals surface area contributed by atoms with Crippen LogP contribution >= 0.6 is 11.8 Å². The van der Waals surface area contributed by atoms with Gasteiger partial charge in [0, 0.05) is 18.2 Å². The van der Waals surface area contributed by atoms with Crippen molar-refractivity contribution in [2.45, 2.75) is 27.2 Å².